The molecule has 0 N–H and O–H groups in total. The van der Waals surface area contributed by atoms with E-state index in [4.69, 9.17) is 4.74 Å². The fourth-order valence-electron chi connectivity index (χ4n) is 2.07. The Morgan fingerprint density at radius 2 is 1.88 bits per heavy atom. The Morgan fingerprint density at radius 1 is 1.19 bits per heavy atom. The first kappa shape index (κ1) is 11.4. The first-order chi connectivity index (χ1) is 7.55. The van der Waals surface area contributed by atoms with Crippen molar-refractivity contribution >= 4 is 0 Å². The second-order valence-electron chi connectivity index (χ2n) is 5.66. The first-order valence-corrected chi connectivity index (χ1v) is 6.19. The van der Waals surface area contributed by atoms with Crippen molar-refractivity contribution in [1.82, 2.24) is 4.98 Å². The zero-order chi connectivity index (χ0) is 11.6. The van der Waals surface area contributed by atoms with Crippen LogP contribution in [0.5, 0.6) is 5.88 Å². The maximum Gasteiger partial charge on any atom is 0.213 e. The molecule has 0 radical (unpaired) electrons. The quantitative estimate of drug-likeness (QED) is 0.756. The molecule has 2 heteroatoms. The Hall–Kier alpha value is -1.05. The van der Waals surface area contributed by atoms with Gasteiger partial charge in [0.1, 0.15) is 6.10 Å². The summed E-state index contributed by atoms with van der Waals surface area (Å²) >= 11 is 0. The summed E-state index contributed by atoms with van der Waals surface area (Å²) in [5, 5.41) is 0. The number of ether oxygens (including phenoxy) is 1. The molecule has 2 rings (SSSR count). The molecule has 0 bridgehead atoms. The predicted octanol–water partition coefficient (Wildman–Crippen LogP) is 3.70. The van der Waals surface area contributed by atoms with Crippen molar-refractivity contribution in [3.8, 4) is 5.88 Å². The van der Waals surface area contributed by atoms with E-state index in [1.165, 1.54) is 31.2 Å². The van der Waals surface area contributed by atoms with Crippen molar-refractivity contribution in [3.05, 3.63) is 23.9 Å². The largest absolute Gasteiger partial charge is 0.474 e. The molecule has 0 amide bonds. The van der Waals surface area contributed by atoms with Crippen LogP contribution in [0.1, 0.15) is 52.0 Å². The molecule has 88 valence electrons. The van der Waals surface area contributed by atoms with E-state index < -0.39 is 0 Å². The van der Waals surface area contributed by atoms with Gasteiger partial charge in [-0.2, -0.15) is 0 Å². The lowest BCUT2D eigenvalue weighted by atomic mass is 9.88. The van der Waals surface area contributed by atoms with Crippen LogP contribution in [0, 0.1) is 0 Å². The Labute approximate surface area is 98.0 Å². The Kier molecular flexibility index (Phi) is 3.17. The molecule has 1 heterocycles. The molecule has 1 saturated carbocycles. The average Bonchev–Trinajstić information content (AvgIpc) is 2.70. The molecule has 0 aromatic carbocycles. The van der Waals surface area contributed by atoms with Crippen molar-refractivity contribution in [1.29, 1.82) is 0 Å². The summed E-state index contributed by atoms with van der Waals surface area (Å²) in [6.07, 6.45) is 7.29. The third-order valence-electron chi connectivity index (χ3n) is 3.19. The van der Waals surface area contributed by atoms with E-state index in [-0.39, 0.29) is 5.41 Å². The number of nitrogens with zero attached hydrogens (tertiary/aromatic N) is 1. The van der Waals surface area contributed by atoms with Gasteiger partial charge in [0.15, 0.2) is 0 Å². The third-order valence-corrected chi connectivity index (χ3v) is 3.19. The minimum absolute atomic E-state index is 0.166. The number of hydrogen-bond donors (Lipinski definition) is 0. The second kappa shape index (κ2) is 4.44. The smallest absolute Gasteiger partial charge is 0.213 e. The Bertz CT molecular complexity index is 331. The van der Waals surface area contributed by atoms with Gasteiger partial charge in [0.2, 0.25) is 5.88 Å². The third kappa shape index (κ3) is 2.75. The minimum Gasteiger partial charge on any atom is -0.474 e. The molecule has 0 saturated heterocycles. The highest BCUT2D eigenvalue weighted by Gasteiger charge is 2.18. The lowest BCUT2D eigenvalue weighted by molar-refractivity contribution is 0.201. The molecule has 0 unspecified atom stereocenters. The van der Waals surface area contributed by atoms with E-state index in [1.54, 1.807) is 0 Å². The molecule has 1 aromatic heterocycles. The maximum atomic E-state index is 5.83. The van der Waals surface area contributed by atoms with Crippen molar-refractivity contribution in [3.63, 3.8) is 0 Å². The molecular formula is C14H21NO. The summed E-state index contributed by atoms with van der Waals surface area (Å²) in [5.41, 5.74) is 1.42. The van der Waals surface area contributed by atoms with E-state index in [1.807, 2.05) is 12.3 Å². The van der Waals surface area contributed by atoms with E-state index in [9.17, 15) is 0 Å². The van der Waals surface area contributed by atoms with Gasteiger partial charge in [-0.15, -0.1) is 0 Å². The molecular weight excluding hydrogens is 198 g/mol. The molecule has 1 fully saturated rings. The lowest BCUT2D eigenvalue weighted by Crippen LogP contribution is -2.14. The van der Waals surface area contributed by atoms with Crippen LogP contribution in [0.4, 0.5) is 0 Å². The van der Waals surface area contributed by atoms with Crippen LogP contribution >= 0.6 is 0 Å². The van der Waals surface area contributed by atoms with Gasteiger partial charge in [-0.3, -0.25) is 0 Å². The molecule has 2 nitrogen and oxygen atoms in total. The standard InChI is InChI=1S/C14H21NO/c1-14(2,3)11-8-9-13(15-10-11)16-12-6-4-5-7-12/h8-10,12H,4-7H2,1-3H3. The summed E-state index contributed by atoms with van der Waals surface area (Å²) in [7, 11) is 0. The molecule has 1 aromatic rings. The van der Waals surface area contributed by atoms with E-state index >= 15 is 0 Å². The van der Waals surface area contributed by atoms with Gasteiger partial charge < -0.3 is 4.74 Å². The van der Waals surface area contributed by atoms with Crippen molar-refractivity contribution in [2.45, 2.75) is 58.0 Å². The van der Waals surface area contributed by atoms with Crippen molar-refractivity contribution < 1.29 is 4.74 Å². The van der Waals surface area contributed by atoms with Gasteiger partial charge in [-0.25, -0.2) is 4.98 Å². The summed E-state index contributed by atoms with van der Waals surface area (Å²) in [4.78, 5) is 4.39. The van der Waals surface area contributed by atoms with Crippen LogP contribution in [0.15, 0.2) is 18.3 Å². The Balaban J connectivity index is 2.01. The molecule has 0 aliphatic heterocycles. The highest BCUT2D eigenvalue weighted by Crippen LogP contribution is 2.25. The van der Waals surface area contributed by atoms with Crippen LogP contribution in [0.25, 0.3) is 0 Å². The SMILES string of the molecule is CC(C)(C)c1ccc(OC2CCCC2)nc1. The van der Waals surface area contributed by atoms with Gasteiger partial charge in [0.05, 0.1) is 0 Å². The minimum atomic E-state index is 0.166. The molecule has 1 aliphatic carbocycles. The van der Waals surface area contributed by atoms with Crippen LogP contribution in [0.2, 0.25) is 0 Å². The fourth-order valence-corrected chi connectivity index (χ4v) is 2.07. The normalized spacial score (nSPS) is 17.7. The van der Waals surface area contributed by atoms with E-state index in [0.29, 0.717) is 6.10 Å². The van der Waals surface area contributed by atoms with Gasteiger partial charge in [0.25, 0.3) is 0 Å². The van der Waals surface area contributed by atoms with Crippen molar-refractivity contribution in [2.24, 2.45) is 0 Å². The number of pyridine rings is 1. The van der Waals surface area contributed by atoms with Crippen LogP contribution in [0.3, 0.4) is 0 Å². The number of aromatic nitrogens is 1. The highest BCUT2D eigenvalue weighted by atomic mass is 16.5. The van der Waals surface area contributed by atoms with Crippen LogP contribution in [-0.2, 0) is 5.41 Å². The highest BCUT2D eigenvalue weighted by molar-refractivity contribution is 5.23. The molecule has 0 spiro atoms. The summed E-state index contributed by atoms with van der Waals surface area (Å²) in [5.74, 6) is 0.778. The number of hydrogen-bond acceptors (Lipinski definition) is 2. The molecule has 16 heavy (non-hydrogen) atoms. The monoisotopic (exact) mass is 219 g/mol. The van der Waals surface area contributed by atoms with Crippen LogP contribution in [-0.4, -0.2) is 11.1 Å². The van der Waals surface area contributed by atoms with E-state index in [0.717, 1.165) is 5.88 Å². The van der Waals surface area contributed by atoms with Gasteiger partial charge in [-0.1, -0.05) is 26.8 Å². The maximum absolute atomic E-state index is 5.83. The van der Waals surface area contributed by atoms with Gasteiger partial charge in [0, 0.05) is 12.3 Å². The van der Waals surface area contributed by atoms with Gasteiger partial charge in [-0.05, 0) is 36.7 Å². The Morgan fingerprint density at radius 3 is 2.38 bits per heavy atom. The summed E-state index contributed by atoms with van der Waals surface area (Å²) in [6, 6.07) is 4.12. The number of rotatable bonds is 2. The fraction of sp³-hybridized carbons (Fsp3) is 0.643. The molecule has 1 aliphatic rings. The first-order valence-electron chi connectivity index (χ1n) is 6.19. The lowest BCUT2D eigenvalue weighted by Gasteiger charge is -2.19. The van der Waals surface area contributed by atoms with Gasteiger partial charge >= 0.3 is 0 Å². The topological polar surface area (TPSA) is 22.1 Å². The summed E-state index contributed by atoms with van der Waals surface area (Å²) < 4.78 is 5.83. The molecule has 0 atom stereocenters. The summed E-state index contributed by atoms with van der Waals surface area (Å²) in [6.45, 7) is 6.59. The van der Waals surface area contributed by atoms with Crippen LogP contribution < -0.4 is 4.74 Å². The van der Waals surface area contributed by atoms with Crippen molar-refractivity contribution in [2.75, 3.05) is 0 Å². The zero-order valence-electron chi connectivity index (χ0n) is 10.5. The zero-order valence-corrected chi connectivity index (χ0v) is 10.5. The predicted molar refractivity (Wildman–Crippen MR) is 65.8 cm³/mol. The average molecular weight is 219 g/mol. The van der Waals surface area contributed by atoms with E-state index in [2.05, 4.69) is 31.8 Å². The second-order valence-corrected chi connectivity index (χ2v) is 5.66.